The second kappa shape index (κ2) is 6.79. The molecule has 8 heteroatoms. The summed E-state index contributed by atoms with van der Waals surface area (Å²) in [5.74, 6) is -4.08. The minimum atomic E-state index is -1.12. The summed E-state index contributed by atoms with van der Waals surface area (Å²) in [5.41, 5.74) is 2.02. The molecule has 0 aliphatic carbocycles. The van der Waals surface area contributed by atoms with Gasteiger partial charge in [-0.3, -0.25) is 4.79 Å². The van der Waals surface area contributed by atoms with E-state index in [1.54, 1.807) is 29.2 Å². The quantitative estimate of drug-likeness (QED) is 0.324. The average molecular weight is 464 g/mol. The lowest BCUT2D eigenvalue weighted by atomic mass is 9.82. The molecule has 4 aromatic rings. The highest BCUT2D eigenvalue weighted by Crippen LogP contribution is 2.54. The van der Waals surface area contributed by atoms with E-state index in [4.69, 9.17) is 4.42 Å². The third-order valence-corrected chi connectivity index (χ3v) is 6.59. The number of benzene rings is 3. The van der Waals surface area contributed by atoms with Gasteiger partial charge in [0, 0.05) is 28.8 Å². The molecule has 170 valence electrons. The number of oxazole rings is 1. The van der Waals surface area contributed by atoms with E-state index in [0.29, 0.717) is 40.1 Å². The number of halogens is 4. The topological polar surface area (TPSA) is 46.3 Å². The number of aromatic nitrogens is 1. The summed E-state index contributed by atoms with van der Waals surface area (Å²) >= 11 is 0. The molecule has 6 rings (SSSR count). The lowest BCUT2D eigenvalue weighted by Crippen LogP contribution is -2.37. The summed E-state index contributed by atoms with van der Waals surface area (Å²) in [5, 5.41) is 0. The fraction of sp³-hybridized carbons (Fsp3) is 0.154. The fourth-order valence-corrected chi connectivity index (χ4v) is 4.94. The maximum atomic E-state index is 14.8. The highest BCUT2D eigenvalue weighted by molar-refractivity contribution is 6.14. The highest BCUT2D eigenvalue weighted by atomic mass is 19.1. The Balaban J connectivity index is 1.60. The third-order valence-electron chi connectivity index (χ3n) is 6.59. The molecule has 3 aromatic carbocycles. The molecule has 0 unspecified atom stereocenters. The van der Waals surface area contributed by atoms with Gasteiger partial charge in [-0.25, -0.2) is 22.5 Å². The number of amides is 1. The first-order valence-electron chi connectivity index (χ1n) is 10.6. The van der Waals surface area contributed by atoms with Crippen molar-refractivity contribution in [2.45, 2.75) is 25.8 Å². The first-order valence-corrected chi connectivity index (χ1v) is 10.6. The number of anilines is 1. The van der Waals surface area contributed by atoms with Crippen molar-refractivity contribution in [3.63, 3.8) is 0 Å². The van der Waals surface area contributed by atoms with Crippen LogP contribution in [0.15, 0.2) is 53.1 Å². The second-order valence-corrected chi connectivity index (χ2v) is 8.94. The van der Waals surface area contributed by atoms with Gasteiger partial charge in [-0.2, -0.15) is 0 Å². The van der Waals surface area contributed by atoms with E-state index < -0.39 is 34.2 Å². The van der Waals surface area contributed by atoms with Gasteiger partial charge in [0.2, 0.25) is 11.8 Å². The Labute approximate surface area is 191 Å². The van der Waals surface area contributed by atoms with Crippen molar-refractivity contribution in [1.29, 1.82) is 0 Å². The number of nitrogens with zero attached hydrogens (tertiary/aromatic N) is 2. The Morgan fingerprint density at radius 1 is 0.941 bits per heavy atom. The molecule has 4 nitrogen and oxygen atoms in total. The summed E-state index contributed by atoms with van der Waals surface area (Å²) in [6, 6.07) is 9.29. The zero-order chi connectivity index (χ0) is 23.9. The van der Waals surface area contributed by atoms with Gasteiger partial charge in [-0.05, 0) is 37.1 Å². The lowest BCUT2D eigenvalue weighted by molar-refractivity contribution is -0.122. The summed E-state index contributed by atoms with van der Waals surface area (Å²) in [7, 11) is 0. The predicted octanol–water partition coefficient (Wildman–Crippen LogP) is 6.37. The molecule has 0 atom stereocenters. The molecule has 2 aliphatic heterocycles. The molecule has 34 heavy (non-hydrogen) atoms. The maximum absolute atomic E-state index is 14.8. The Morgan fingerprint density at radius 3 is 2.41 bits per heavy atom. The number of carbonyl (C=O) groups is 1. The molecule has 0 bridgehead atoms. The van der Waals surface area contributed by atoms with Gasteiger partial charge in [-0.15, -0.1) is 0 Å². The SMILES string of the molecule is CC1(C)C(=O)N2Cc3c(F)cccc3-c3c(-c4ncc(-c5c(F)cc(F)cc5F)o4)ccc1c32. The van der Waals surface area contributed by atoms with Crippen molar-refractivity contribution in [3.8, 4) is 33.9 Å². The number of fused-ring (bicyclic) bond motifs is 2. The van der Waals surface area contributed by atoms with Gasteiger partial charge in [0.15, 0.2) is 5.76 Å². The van der Waals surface area contributed by atoms with Crippen LogP contribution >= 0.6 is 0 Å². The highest BCUT2D eigenvalue weighted by Gasteiger charge is 2.48. The number of rotatable bonds is 2. The van der Waals surface area contributed by atoms with Crippen molar-refractivity contribution >= 4 is 11.6 Å². The Morgan fingerprint density at radius 2 is 1.68 bits per heavy atom. The van der Waals surface area contributed by atoms with Crippen molar-refractivity contribution in [2.75, 3.05) is 4.90 Å². The Bertz CT molecular complexity index is 1520. The molecule has 0 saturated heterocycles. The first-order chi connectivity index (χ1) is 16.2. The van der Waals surface area contributed by atoms with E-state index in [-0.39, 0.29) is 24.1 Å². The number of hydrogen-bond acceptors (Lipinski definition) is 3. The van der Waals surface area contributed by atoms with Crippen LogP contribution in [-0.4, -0.2) is 10.9 Å². The van der Waals surface area contributed by atoms with Gasteiger partial charge in [0.05, 0.1) is 29.4 Å². The molecule has 0 N–H and O–H groups in total. The van der Waals surface area contributed by atoms with Crippen LogP contribution in [0.3, 0.4) is 0 Å². The third kappa shape index (κ3) is 2.65. The molecule has 3 heterocycles. The predicted molar refractivity (Wildman–Crippen MR) is 117 cm³/mol. The van der Waals surface area contributed by atoms with Gasteiger partial charge >= 0.3 is 0 Å². The maximum Gasteiger partial charge on any atom is 0.237 e. The molecule has 1 aromatic heterocycles. The van der Waals surface area contributed by atoms with Crippen LogP contribution in [0.25, 0.3) is 33.9 Å². The van der Waals surface area contributed by atoms with E-state index in [0.717, 1.165) is 11.8 Å². The summed E-state index contributed by atoms with van der Waals surface area (Å²) in [4.78, 5) is 19.0. The van der Waals surface area contributed by atoms with Crippen molar-refractivity contribution in [3.05, 3.63) is 83.1 Å². The largest absolute Gasteiger partial charge is 0.436 e. The van der Waals surface area contributed by atoms with Gasteiger partial charge in [0.1, 0.15) is 23.3 Å². The minimum Gasteiger partial charge on any atom is -0.436 e. The van der Waals surface area contributed by atoms with Gasteiger partial charge in [-0.1, -0.05) is 18.2 Å². The standard InChI is InChI=1S/C26H16F4N2O2/c1-26(2)16-7-6-14(24-31-10-20(34-24)22-18(29)8-12(27)9-19(22)30)21-13-4-3-5-17(28)15(13)11-32(23(16)21)25(26)33/h3-10H,11H2,1-2H3. The molecule has 0 radical (unpaired) electrons. The number of hydrogen-bond donors (Lipinski definition) is 0. The van der Waals surface area contributed by atoms with Gasteiger partial charge in [0.25, 0.3) is 0 Å². The normalized spacial score (nSPS) is 15.5. The Kier molecular flexibility index (Phi) is 4.12. The van der Waals surface area contributed by atoms with Crippen molar-refractivity contribution in [1.82, 2.24) is 4.98 Å². The zero-order valence-electron chi connectivity index (χ0n) is 18.0. The van der Waals surface area contributed by atoms with E-state index in [1.165, 1.54) is 6.07 Å². The van der Waals surface area contributed by atoms with E-state index in [2.05, 4.69) is 4.98 Å². The molecule has 2 aliphatic rings. The van der Waals surface area contributed by atoms with Crippen LogP contribution in [0.5, 0.6) is 0 Å². The second-order valence-electron chi connectivity index (χ2n) is 8.94. The minimum absolute atomic E-state index is 0.0325. The lowest BCUT2D eigenvalue weighted by Gasteiger charge is -2.29. The first kappa shape index (κ1) is 20.7. The zero-order valence-corrected chi connectivity index (χ0v) is 18.0. The molecule has 0 fully saturated rings. The van der Waals surface area contributed by atoms with E-state index in [9.17, 15) is 22.4 Å². The number of carbonyl (C=O) groups excluding carboxylic acids is 1. The van der Waals surface area contributed by atoms with Gasteiger partial charge < -0.3 is 9.32 Å². The van der Waals surface area contributed by atoms with Crippen LogP contribution in [0, 0.1) is 23.3 Å². The van der Waals surface area contributed by atoms with Crippen molar-refractivity contribution < 1.29 is 26.8 Å². The van der Waals surface area contributed by atoms with Crippen molar-refractivity contribution in [2.24, 2.45) is 0 Å². The van der Waals surface area contributed by atoms with Crippen LogP contribution in [0.2, 0.25) is 0 Å². The molecular formula is C26H16F4N2O2. The summed E-state index contributed by atoms with van der Waals surface area (Å²) < 4.78 is 62.5. The van der Waals surface area contributed by atoms with Crippen LogP contribution in [0.4, 0.5) is 23.2 Å². The summed E-state index contributed by atoms with van der Waals surface area (Å²) in [6.45, 7) is 3.72. The average Bonchev–Trinajstić information content (AvgIpc) is 3.32. The fourth-order valence-electron chi connectivity index (χ4n) is 4.94. The smallest absolute Gasteiger partial charge is 0.237 e. The van der Waals surface area contributed by atoms with Crippen LogP contribution in [0.1, 0.15) is 25.0 Å². The Hall–Kier alpha value is -3.94. The van der Waals surface area contributed by atoms with Crippen LogP contribution in [-0.2, 0) is 16.8 Å². The van der Waals surface area contributed by atoms with Crippen LogP contribution < -0.4 is 4.90 Å². The summed E-state index contributed by atoms with van der Waals surface area (Å²) in [6.07, 6.45) is 1.15. The molecule has 0 spiro atoms. The van der Waals surface area contributed by atoms with E-state index in [1.807, 2.05) is 13.8 Å². The monoisotopic (exact) mass is 464 g/mol. The van der Waals surface area contributed by atoms with E-state index >= 15 is 0 Å². The molecular weight excluding hydrogens is 448 g/mol. The molecule has 1 amide bonds. The molecule has 0 saturated carbocycles.